The number of nitrogens with zero attached hydrogens (tertiary/aromatic N) is 4. The second-order valence-electron chi connectivity index (χ2n) is 6.47. The van der Waals surface area contributed by atoms with E-state index in [0.29, 0.717) is 37.6 Å². The smallest absolute Gasteiger partial charge is 0.387 e. The Balaban J connectivity index is 0.00000363. The highest BCUT2D eigenvalue weighted by atomic mass is 127. The standard InChI is InChI=1S/C21H26F2N6O2.HI/c1-3-24-21(25-12-11-18-28-27-17-10-5-6-13-29(17)18)26-14-15-8-7-9-16(30-4-2)19(15)31-20(22)23;/h5-10,13,20H,3-4,11-12,14H2,1-2H3,(H2,24,25,26);1H. The van der Waals surface area contributed by atoms with Gasteiger partial charge < -0.3 is 20.1 Å². The number of hydrogen-bond acceptors (Lipinski definition) is 5. The summed E-state index contributed by atoms with van der Waals surface area (Å²) in [7, 11) is 0. The zero-order chi connectivity index (χ0) is 22.1. The van der Waals surface area contributed by atoms with E-state index in [0.717, 1.165) is 11.5 Å². The first-order valence-corrected chi connectivity index (χ1v) is 10.1. The molecule has 2 aromatic heterocycles. The van der Waals surface area contributed by atoms with Crippen LogP contribution >= 0.6 is 24.0 Å². The number of aromatic nitrogens is 3. The number of halogens is 3. The predicted octanol–water partition coefficient (Wildman–Crippen LogP) is 3.65. The number of para-hydroxylation sites is 1. The van der Waals surface area contributed by atoms with Crippen molar-refractivity contribution in [3.05, 3.63) is 54.0 Å². The summed E-state index contributed by atoms with van der Waals surface area (Å²) >= 11 is 0. The van der Waals surface area contributed by atoms with Crippen LogP contribution in [0.1, 0.15) is 25.2 Å². The van der Waals surface area contributed by atoms with Crippen molar-refractivity contribution in [2.24, 2.45) is 4.99 Å². The number of aliphatic imine (C=N–C) groups is 1. The van der Waals surface area contributed by atoms with Gasteiger partial charge in [0, 0.05) is 31.3 Å². The van der Waals surface area contributed by atoms with Gasteiger partial charge in [0.15, 0.2) is 23.1 Å². The van der Waals surface area contributed by atoms with Gasteiger partial charge in [0.05, 0.1) is 13.2 Å². The summed E-state index contributed by atoms with van der Waals surface area (Å²) < 4.78 is 37.9. The van der Waals surface area contributed by atoms with E-state index in [1.54, 1.807) is 25.1 Å². The molecule has 32 heavy (non-hydrogen) atoms. The molecule has 8 nitrogen and oxygen atoms in total. The topological polar surface area (TPSA) is 85.1 Å². The summed E-state index contributed by atoms with van der Waals surface area (Å²) in [6, 6.07) is 10.7. The van der Waals surface area contributed by atoms with Crippen LogP contribution in [0.4, 0.5) is 8.78 Å². The fourth-order valence-electron chi connectivity index (χ4n) is 3.04. The Morgan fingerprint density at radius 1 is 1.12 bits per heavy atom. The highest BCUT2D eigenvalue weighted by molar-refractivity contribution is 14.0. The van der Waals surface area contributed by atoms with Crippen molar-refractivity contribution in [1.29, 1.82) is 0 Å². The SMILES string of the molecule is CCNC(=NCc1cccc(OCC)c1OC(F)F)NCCc1nnc2ccccn12.I. The van der Waals surface area contributed by atoms with E-state index in [2.05, 4.69) is 25.8 Å². The highest BCUT2D eigenvalue weighted by Crippen LogP contribution is 2.33. The Morgan fingerprint density at radius 2 is 1.97 bits per heavy atom. The second-order valence-corrected chi connectivity index (χ2v) is 6.47. The lowest BCUT2D eigenvalue weighted by Crippen LogP contribution is -2.38. The van der Waals surface area contributed by atoms with Gasteiger partial charge in [0.1, 0.15) is 5.82 Å². The van der Waals surface area contributed by atoms with Gasteiger partial charge >= 0.3 is 6.61 Å². The van der Waals surface area contributed by atoms with Gasteiger partial charge in [-0.05, 0) is 32.0 Å². The summed E-state index contributed by atoms with van der Waals surface area (Å²) in [4.78, 5) is 4.51. The van der Waals surface area contributed by atoms with Crippen molar-refractivity contribution in [2.45, 2.75) is 33.4 Å². The van der Waals surface area contributed by atoms with Crippen molar-refractivity contribution in [1.82, 2.24) is 25.2 Å². The zero-order valence-electron chi connectivity index (χ0n) is 17.9. The van der Waals surface area contributed by atoms with Gasteiger partial charge in [-0.25, -0.2) is 4.99 Å². The molecule has 0 radical (unpaired) electrons. The summed E-state index contributed by atoms with van der Waals surface area (Å²) in [6.07, 6.45) is 2.55. The molecule has 0 aliphatic rings. The average Bonchev–Trinajstić information content (AvgIpc) is 3.17. The number of rotatable bonds is 10. The van der Waals surface area contributed by atoms with Gasteiger partial charge in [0.2, 0.25) is 0 Å². The molecule has 3 aromatic rings. The molecule has 0 bridgehead atoms. The Morgan fingerprint density at radius 3 is 2.72 bits per heavy atom. The third-order valence-corrected chi connectivity index (χ3v) is 4.34. The molecular formula is C21H27F2IN6O2. The van der Waals surface area contributed by atoms with Crippen molar-refractivity contribution in [2.75, 3.05) is 19.7 Å². The van der Waals surface area contributed by atoms with Gasteiger partial charge in [-0.1, -0.05) is 18.2 Å². The number of hydrogen-bond donors (Lipinski definition) is 2. The van der Waals surface area contributed by atoms with Crippen LogP contribution in [0.15, 0.2) is 47.6 Å². The van der Waals surface area contributed by atoms with Gasteiger partial charge in [-0.15, -0.1) is 34.2 Å². The number of guanidine groups is 1. The van der Waals surface area contributed by atoms with E-state index in [1.807, 2.05) is 35.7 Å². The third-order valence-electron chi connectivity index (χ3n) is 4.34. The molecular weight excluding hydrogens is 533 g/mol. The van der Waals surface area contributed by atoms with Gasteiger partial charge in [-0.3, -0.25) is 4.40 Å². The minimum atomic E-state index is -2.95. The molecule has 11 heteroatoms. The first-order chi connectivity index (χ1) is 15.1. The third kappa shape index (κ3) is 6.90. The molecule has 174 valence electrons. The minimum absolute atomic E-state index is 0. The summed E-state index contributed by atoms with van der Waals surface area (Å²) in [6.45, 7) is 2.49. The quantitative estimate of drug-likeness (QED) is 0.224. The van der Waals surface area contributed by atoms with Crippen molar-refractivity contribution >= 4 is 35.6 Å². The normalized spacial score (nSPS) is 11.3. The van der Waals surface area contributed by atoms with E-state index in [9.17, 15) is 8.78 Å². The van der Waals surface area contributed by atoms with Crippen molar-refractivity contribution in [3.8, 4) is 11.5 Å². The zero-order valence-corrected chi connectivity index (χ0v) is 20.3. The lowest BCUT2D eigenvalue weighted by atomic mass is 10.2. The average molecular weight is 560 g/mol. The fraction of sp³-hybridized carbons (Fsp3) is 0.381. The predicted molar refractivity (Wildman–Crippen MR) is 129 cm³/mol. The van der Waals surface area contributed by atoms with Crippen LogP contribution < -0.4 is 20.1 Å². The Labute approximate surface area is 202 Å². The van der Waals surface area contributed by atoms with E-state index in [-0.39, 0.29) is 42.0 Å². The number of ether oxygens (including phenoxy) is 2. The molecule has 1 aromatic carbocycles. The fourth-order valence-corrected chi connectivity index (χ4v) is 3.04. The molecule has 3 rings (SSSR count). The Kier molecular flexibility index (Phi) is 10.4. The lowest BCUT2D eigenvalue weighted by Gasteiger charge is -2.15. The monoisotopic (exact) mass is 560 g/mol. The molecule has 0 atom stereocenters. The summed E-state index contributed by atoms with van der Waals surface area (Å²) in [5, 5.41) is 14.7. The van der Waals surface area contributed by atoms with Crippen molar-refractivity contribution < 1.29 is 18.3 Å². The van der Waals surface area contributed by atoms with Crippen molar-refractivity contribution in [3.63, 3.8) is 0 Å². The number of benzene rings is 1. The van der Waals surface area contributed by atoms with E-state index >= 15 is 0 Å². The Hall–Kier alpha value is -2.70. The van der Waals surface area contributed by atoms with Crippen LogP contribution in [-0.4, -0.2) is 46.9 Å². The van der Waals surface area contributed by atoms with Gasteiger partial charge in [-0.2, -0.15) is 8.78 Å². The summed E-state index contributed by atoms with van der Waals surface area (Å²) in [5.41, 5.74) is 1.30. The van der Waals surface area contributed by atoms with E-state index in [1.165, 1.54) is 0 Å². The number of fused-ring (bicyclic) bond motifs is 1. The molecule has 2 N–H and O–H groups in total. The molecule has 0 unspecified atom stereocenters. The van der Waals surface area contributed by atoms with E-state index in [4.69, 9.17) is 9.47 Å². The molecule has 2 heterocycles. The molecule has 0 saturated heterocycles. The first kappa shape index (κ1) is 25.6. The van der Waals surface area contributed by atoms with Crippen LogP contribution in [0.5, 0.6) is 11.5 Å². The highest BCUT2D eigenvalue weighted by Gasteiger charge is 2.15. The Bertz CT molecular complexity index is 1010. The van der Waals surface area contributed by atoms with Crippen LogP contribution in [0, 0.1) is 0 Å². The summed E-state index contributed by atoms with van der Waals surface area (Å²) in [5.74, 6) is 1.66. The largest absolute Gasteiger partial charge is 0.490 e. The number of nitrogens with one attached hydrogen (secondary N) is 2. The maximum Gasteiger partial charge on any atom is 0.387 e. The van der Waals surface area contributed by atoms with Crippen LogP contribution in [0.2, 0.25) is 0 Å². The minimum Gasteiger partial charge on any atom is -0.490 e. The maximum absolute atomic E-state index is 12.9. The molecule has 0 aliphatic heterocycles. The molecule has 0 spiro atoms. The van der Waals surface area contributed by atoms with Crippen LogP contribution in [-0.2, 0) is 13.0 Å². The number of pyridine rings is 1. The molecule has 0 fully saturated rings. The number of alkyl halides is 2. The van der Waals surface area contributed by atoms with E-state index < -0.39 is 6.61 Å². The van der Waals surface area contributed by atoms with Crippen LogP contribution in [0.25, 0.3) is 5.65 Å². The van der Waals surface area contributed by atoms with Crippen LogP contribution in [0.3, 0.4) is 0 Å². The molecule has 0 aliphatic carbocycles. The second kappa shape index (κ2) is 13.0. The lowest BCUT2D eigenvalue weighted by molar-refractivity contribution is -0.0520. The maximum atomic E-state index is 12.9. The molecule has 0 amide bonds. The van der Waals surface area contributed by atoms with Gasteiger partial charge in [0.25, 0.3) is 0 Å². The first-order valence-electron chi connectivity index (χ1n) is 10.1. The molecule has 0 saturated carbocycles.